The van der Waals surface area contributed by atoms with Crippen LogP contribution in [-0.4, -0.2) is 13.3 Å². The van der Waals surface area contributed by atoms with E-state index in [0.717, 1.165) is 34.6 Å². The second-order valence-corrected chi connectivity index (χ2v) is 6.39. The van der Waals surface area contributed by atoms with E-state index < -0.39 is 22.7 Å². The van der Waals surface area contributed by atoms with Gasteiger partial charge in [0.2, 0.25) is 0 Å². The third-order valence-corrected chi connectivity index (χ3v) is 4.36. The Morgan fingerprint density at radius 2 is 1.71 bits per heavy atom. The van der Waals surface area contributed by atoms with Crippen LogP contribution in [0.4, 0.5) is 8.78 Å². The summed E-state index contributed by atoms with van der Waals surface area (Å²) in [6, 6.07) is 14.8. The van der Waals surface area contributed by atoms with Crippen molar-refractivity contribution in [2.75, 3.05) is 0 Å². The molecule has 0 aliphatic heterocycles. The summed E-state index contributed by atoms with van der Waals surface area (Å²) in [7, 11) is 0. The molecule has 2 aromatic carbocycles. The van der Waals surface area contributed by atoms with Gasteiger partial charge in [0.25, 0.3) is 0 Å². The van der Waals surface area contributed by atoms with Crippen LogP contribution in [-0.2, 0) is 16.8 Å². The van der Waals surface area contributed by atoms with Gasteiger partial charge in [-0.3, -0.25) is 0 Å². The predicted molar refractivity (Wildman–Crippen MR) is 90.3 cm³/mol. The van der Waals surface area contributed by atoms with Crippen molar-refractivity contribution < 1.29 is 17.5 Å². The largest absolute Gasteiger partial charge is 0.314 e. The highest BCUT2D eigenvalue weighted by molar-refractivity contribution is 7.78. The van der Waals surface area contributed by atoms with Crippen molar-refractivity contribution in [1.82, 2.24) is 4.57 Å². The van der Waals surface area contributed by atoms with Crippen LogP contribution in [0.2, 0.25) is 0 Å². The molecular weight excluding hydrogens is 332 g/mol. The average molecular weight is 347 g/mol. The van der Waals surface area contributed by atoms with Crippen molar-refractivity contribution in [3.63, 3.8) is 0 Å². The number of aryl methyl sites for hydroxylation is 1. The SMILES string of the molecule is Cc1ccc(-c2ccc(CS(=O)O)cc2)n1-c1ccc(F)c(F)c1. The van der Waals surface area contributed by atoms with Crippen molar-refractivity contribution in [2.45, 2.75) is 12.7 Å². The fraction of sp³-hybridized carbons (Fsp3) is 0.111. The fourth-order valence-corrected chi connectivity index (χ4v) is 3.12. The van der Waals surface area contributed by atoms with Crippen LogP contribution in [0.25, 0.3) is 16.9 Å². The molecule has 3 aromatic rings. The van der Waals surface area contributed by atoms with Crippen LogP contribution in [0.5, 0.6) is 0 Å². The quantitative estimate of drug-likeness (QED) is 0.709. The summed E-state index contributed by atoms with van der Waals surface area (Å²) in [5, 5.41) is 0. The van der Waals surface area contributed by atoms with E-state index in [1.54, 1.807) is 12.1 Å². The van der Waals surface area contributed by atoms with Gasteiger partial charge in [-0.1, -0.05) is 24.3 Å². The van der Waals surface area contributed by atoms with E-state index in [-0.39, 0.29) is 5.75 Å². The number of halogens is 2. The van der Waals surface area contributed by atoms with E-state index >= 15 is 0 Å². The minimum Gasteiger partial charge on any atom is -0.314 e. The van der Waals surface area contributed by atoms with Crippen LogP contribution in [0, 0.1) is 18.6 Å². The Kier molecular flexibility index (Phi) is 4.59. The molecule has 3 nitrogen and oxygen atoms in total. The topological polar surface area (TPSA) is 42.2 Å². The van der Waals surface area contributed by atoms with Gasteiger partial charge >= 0.3 is 0 Å². The molecule has 3 rings (SSSR count). The first-order chi connectivity index (χ1) is 11.5. The summed E-state index contributed by atoms with van der Waals surface area (Å²) < 4.78 is 48.4. The van der Waals surface area contributed by atoms with E-state index in [1.807, 2.05) is 35.8 Å². The van der Waals surface area contributed by atoms with Crippen LogP contribution in [0.1, 0.15) is 11.3 Å². The van der Waals surface area contributed by atoms with Gasteiger partial charge in [0.15, 0.2) is 22.7 Å². The van der Waals surface area contributed by atoms with Crippen molar-refractivity contribution >= 4 is 11.1 Å². The monoisotopic (exact) mass is 347 g/mol. The molecule has 1 unspecified atom stereocenters. The molecular formula is C18H15F2NO2S. The molecule has 0 saturated heterocycles. The zero-order chi connectivity index (χ0) is 17.3. The molecule has 0 saturated carbocycles. The Morgan fingerprint density at radius 1 is 1.00 bits per heavy atom. The Bertz CT molecular complexity index is 904. The maximum Gasteiger partial charge on any atom is 0.160 e. The van der Waals surface area contributed by atoms with E-state index in [4.69, 9.17) is 4.55 Å². The van der Waals surface area contributed by atoms with Gasteiger partial charge in [-0.15, -0.1) is 0 Å². The number of nitrogens with zero attached hydrogens (tertiary/aromatic N) is 1. The smallest absolute Gasteiger partial charge is 0.160 e. The average Bonchev–Trinajstić information content (AvgIpc) is 2.92. The predicted octanol–water partition coefficient (Wildman–Crippen LogP) is 4.45. The molecule has 1 atom stereocenters. The molecule has 0 spiro atoms. The molecule has 1 N–H and O–H groups in total. The molecule has 0 aliphatic rings. The van der Waals surface area contributed by atoms with Gasteiger partial charge in [-0.2, -0.15) is 0 Å². The summed E-state index contributed by atoms with van der Waals surface area (Å²) in [5.41, 5.74) is 3.88. The van der Waals surface area contributed by atoms with E-state index in [1.165, 1.54) is 6.07 Å². The summed E-state index contributed by atoms with van der Waals surface area (Å²) in [6.07, 6.45) is 0. The second-order valence-electron chi connectivity index (χ2n) is 5.46. The molecule has 24 heavy (non-hydrogen) atoms. The van der Waals surface area contributed by atoms with E-state index in [9.17, 15) is 13.0 Å². The lowest BCUT2D eigenvalue weighted by Crippen LogP contribution is -2.00. The minimum absolute atomic E-state index is 0.0729. The molecule has 6 heteroatoms. The van der Waals surface area contributed by atoms with Gasteiger partial charge in [0.1, 0.15) is 0 Å². The second kappa shape index (κ2) is 6.67. The Morgan fingerprint density at radius 3 is 2.33 bits per heavy atom. The lowest BCUT2D eigenvalue weighted by atomic mass is 10.1. The van der Waals surface area contributed by atoms with Crippen LogP contribution >= 0.6 is 0 Å². The van der Waals surface area contributed by atoms with E-state index in [0.29, 0.717) is 5.69 Å². The number of hydrogen-bond donors (Lipinski definition) is 1. The minimum atomic E-state index is -1.88. The Hall–Kier alpha value is -2.31. The Balaban J connectivity index is 2.03. The van der Waals surface area contributed by atoms with Crippen molar-refractivity contribution in [3.8, 4) is 16.9 Å². The highest BCUT2D eigenvalue weighted by Crippen LogP contribution is 2.27. The first kappa shape index (κ1) is 16.5. The summed E-state index contributed by atoms with van der Waals surface area (Å²) >= 11 is -1.88. The fourth-order valence-electron chi connectivity index (χ4n) is 2.65. The molecule has 0 aliphatic carbocycles. The number of benzene rings is 2. The maximum absolute atomic E-state index is 13.6. The Labute approximate surface area is 140 Å². The first-order valence-corrected chi connectivity index (χ1v) is 8.54. The third-order valence-electron chi connectivity index (χ3n) is 3.78. The van der Waals surface area contributed by atoms with Gasteiger partial charge in [-0.05, 0) is 42.3 Å². The van der Waals surface area contributed by atoms with Gasteiger partial charge < -0.3 is 9.12 Å². The summed E-state index contributed by atoms with van der Waals surface area (Å²) in [4.78, 5) is 0. The molecule has 0 radical (unpaired) electrons. The van der Waals surface area contributed by atoms with Crippen molar-refractivity contribution in [3.05, 3.63) is 77.5 Å². The summed E-state index contributed by atoms with van der Waals surface area (Å²) in [5.74, 6) is -1.71. The standard InChI is InChI=1S/C18H15F2NO2S/c1-12-2-9-18(14-5-3-13(4-6-14)11-24(22)23)21(12)15-7-8-16(19)17(20)10-15/h2-10H,11H2,1H3,(H,22,23). The zero-order valence-corrected chi connectivity index (χ0v) is 13.7. The summed E-state index contributed by atoms with van der Waals surface area (Å²) in [6.45, 7) is 1.88. The lowest BCUT2D eigenvalue weighted by Gasteiger charge is -2.13. The van der Waals surface area contributed by atoms with Gasteiger partial charge in [0, 0.05) is 17.4 Å². The van der Waals surface area contributed by atoms with Crippen LogP contribution in [0.3, 0.4) is 0 Å². The normalized spacial score (nSPS) is 12.3. The highest BCUT2D eigenvalue weighted by atomic mass is 32.2. The molecule has 1 aromatic heterocycles. The number of hydrogen-bond acceptors (Lipinski definition) is 1. The lowest BCUT2D eigenvalue weighted by molar-refractivity contribution is 0.508. The highest BCUT2D eigenvalue weighted by Gasteiger charge is 2.12. The molecule has 0 bridgehead atoms. The van der Waals surface area contributed by atoms with E-state index in [2.05, 4.69) is 0 Å². The molecule has 1 heterocycles. The zero-order valence-electron chi connectivity index (χ0n) is 12.9. The first-order valence-electron chi connectivity index (χ1n) is 7.26. The van der Waals surface area contributed by atoms with Gasteiger partial charge in [0.05, 0.1) is 11.4 Å². The molecule has 0 fully saturated rings. The van der Waals surface area contributed by atoms with Crippen LogP contribution in [0.15, 0.2) is 54.6 Å². The van der Waals surface area contributed by atoms with Crippen molar-refractivity contribution in [1.29, 1.82) is 0 Å². The number of aromatic nitrogens is 1. The maximum atomic E-state index is 13.6. The molecule has 124 valence electrons. The van der Waals surface area contributed by atoms with Crippen LogP contribution < -0.4 is 0 Å². The number of rotatable bonds is 4. The molecule has 0 amide bonds. The van der Waals surface area contributed by atoms with Gasteiger partial charge in [-0.25, -0.2) is 13.0 Å². The third kappa shape index (κ3) is 3.29. The van der Waals surface area contributed by atoms with Crippen molar-refractivity contribution in [2.24, 2.45) is 0 Å².